The zero-order valence-corrected chi connectivity index (χ0v) is 12.7. The smallest absolute Gasteiger partial charge is 0.343 e. The molecule has 0 aliphatic rings. The zero-order chi connectivity index (χ0) is 16.8. The highest BCUT2D eigenvalue weighted by molar-refractivity contribution is 5.92. The van der Waals surface area contributed by atoms with Crippen molar-refractivity contribution < 1.29 is 19.1 Å². The van der Waals surface area contributed by atoms with Gasteiger partial charge in [-0.3, -0.25) is 0 Å². The molecule has 24 heavy (non-hydrogen) atoms. The first-order chi connectivity index (χ1) is 11.7. The topological polar surface area (TPSA) is 52.6 Å². The van der Waals surface area contributed by atoms with E-state index in [1.807, 2.05) is 12.1 Å². The SMILES string of the molecule is O=C(Oc1ccc(C(=O)Oc2ccccc2)cc1)c1ccccc1. The Balaban J connectivity index is 1.65. The monoisotopic (exact) mass is 318 g/mol. The number of hydrogen-bond acceptors (Lipinski definition) is 4. The molecule has 0 saturated carbocycles. The minimum absolute atomic E-state index is 0.361. The second-order valence-corrected chi connectivity index (χ2v) is 4.98. The Labute approximate surface area is 139 Å². The van der Waals surface area contributed by atoms with Crippen LogP contribution in [-0.2, 0) is 0 Å². The lowest BCUT2D eigenvalue weighted by Gasteiger charge is -2.06. The summed E-state index contributed by atoms with van der Waals surface area (Å²) in [5, 5.41) is 0. The van der Waals surface area contributed by atoms with Crippen molar-refractivity contribution in [2.75, 3.05) is 0 Å². The summed E-state index contributed by atoms with van der Waals surface area (Å²) in [6.07, 6.45) is 0. The van der Waals surface area contributed by atoms with E-state index < -0.39 is 11.9 Å². The summed E-state index contributed by atoms with van der Waals surface area (Å²) in [5.41, 5.74) is 0.837. The summed E-state index contributed by atoms with van der Waals surface area (Å²) in [4.78, 5) is 24.0. The summed E-state index contributed by atoms with van der Waals surface area (Å²) in [5.74, 6) is -0.0838. The molecule has 0 atom stereocenters. The van der Waals surface area contributed by atoms with Gasteiger partial charge in [0, 0.05) is 0 Å². The normalized spacial score (nSPS) is 10.0. The Morgan fingerprint density at radius 2 is 0.917 bits per heavy atom. The van der Waals surface area contributed by atoms with Gasteiger partial charge in [0.1, 0.15) is 11.5 Å². The van der Waals surface area contributed by atoms with Crippen LogP contribution in [0.4, 0.5) is 0 Å². The Hall–Kier alpha value is -3.40. The number of para-hydroxylation sites is 1. The standard InChI is InChI=1S/C20H14O4/c21-19(15-7-3-1-4-8-15)24-18-13-11-16(12-14-18)20(22)23-17-9-5-2-6-10-17/h1-14H. The van der Waals surface area contributed by atoms with Gasteiger partial charge in [0.25, 0.3) is 0 Å². The van der Waals surface area contributed by atoms with Crippen LogP contribution in [0.25, 0.3) is 0 Å². The largest absolute Gasteiger partial charge is 0.423 e. The quantitative estimate of drug-likeness (QED) is 0.536. The predicted octanol–water partition coefficient (Wildman–Crippen LogP) is 4.13. The van der Waals surface area contributed by atoms with Crippen LogP contribution in [0.2, 0.25) is 0 Å². The molecule has 3 aromatic carbocycles. The minimum atomic E-state index is -0.470. The summed E-state index contributed by atoms with van der Waals surface area (Å²) >= 11 is 0. The number of carbonyl (C=O) groups is 2. The molecule has 0 bridgehead atoms. The first-order valence-electron chi connectivity index (χ1n) is 7.37. The molecule has 0 spiro atoms. The van der Waals surface area contributed by atoms with E-state index in [-0.39, 0.29) is 0 Å². The maximum atomic E-state index is 12.0. The Kier molecular flexibility index (Phi) is 4.68. The van der Waals surface area contributed by atoms with Crippen LogP contribution in [0, 0.1) is 0 Å². The fourth-order valence-electron chi connectivity index (χ4n) is 2.05. The minimum Gasteiger partial charge on any atom is -0.423 e. The first kappa shape index (κ1) is 15.5. The highest BCUT2D eigenvalue weighted by Crippen LogP contribution is 2.16. The Morgan fingerprint density at radius 3 is 1.46 bits per heavy atom. The lowest BCUT2D eigenvalue weighted by Crippen LogP contribution is -2.10. The van der Waals surface area contributed by atoms with E-state index in [4.69, 9.17) is 9.47 Å². The van der Waals surface area contributed by atoms with Crippen LogP contribution < -0.4 is 9.47 Å². The number of hydrogen-bond donors (Lipinski definition) is 0. The average Bonchev–Trinajstić information content (AvgIpc) is 2.64. The van der Waals surface area contributed by atoms with Crippen LogP contribution in [0.15, 0.2) is 84.9 Å². The maximum absolute atomic E-state index is 12.0. The molecule has 4 heteroatoms. The van der Waals surface area contributed by atoms with Crippen LogP contribution in [0.3, 0.4) is 0 Å². The van der Waals surface area contributed by atoms with Crippen LogP contribution in [0.1, 0.15) is 20.7 Å². The van der Waals surface area contributed by atoms with E-state index in [0.717, 1.165) is 0 Å². The maximum Gasteiger partial charge on any atom is 0.343 e. The van der Waals surface area contributed by atoms with Crippen LogP contribution in [0.5, 0.6) is 11.5 Å². The molecule has 0 saturated heterocycles. The number of benzene rings is 3. The third-order valence-corrected chi connectivity index (χ3v) is 3.26. The van der Waals surface area contributed by atoms with Gasteiger partial charge in [-0.25, -0.2) is 9.59 Å². The predicted molar refractivity (Wildman–Crippen MR) is 89.2 cm³/mol. The van der Waals surface area contributed by atoms with Crippen molar-refractivity contribution in [1.82, 2.24) is 0 Å². The van der Waals surface area contributed by atoms with E-state index in [2.05, 4.69) is 0 Å². The molecule has 0 heterocycles. The molecule has 0 unspecified atom stereocenters. The van der Waals surface area contributed by atoms with Gasteiger partial charge in [-0.2, -0.15) is 0 Å². The zero-order valence-electron chi connectivity index (χ0n) is 12.7. The highest BCUT2D eigenvalue weighted by atomic mass is 16.5. The van der Waals surface area contributed by atoms with Gasteiger partial charge < -0.3 is 9.47 Å². The molecular weight excluding hydrogens is 304 g/mol. The van der Waals surface area contributed by atoms with E-state index >= 15 is 0 Å². The van der Waals surface area contributed by atoms with E-state index in [0.29, 0.717) is 22.6 Å². The fourth-order valence-corrected chi connectivity index (χ4v) is 2.05. The van der Waals surface area contributed by atoms with Crippen molar-refractivity contribution in [1.29, 1.82) is 0 Å². The van der Waals surface area contributed by atoms with Crippen LogP contribution >= 0.6 is 0 Å². The van der Waals surface area contributed by atoms with Gasteiger partial charge >= 0.3 is 11.9 Å². The van der Waals surface area contributed by atoms with Crippen molar-refractivity contribution >= 4 is 11.9 Å². The molecule has 118 valence electrons. The number of esters is 2. The van der Waals surface area contributed by atoms with Crippen molar-refractivity contribution in [2.45, 2.75) is 0 Å². The first-order valence-corrected chi connectivity index (χ1v) is 7.37. The van der Waals surface area contributed by atoms with Gasteiger partial charge in [0.2, 0.25) is 0 Å². The van der Waals surface area contributed by atoms with Gasteiger partial charge in [-0.05, 0) is 48.5 Å². The second kappa shape index (κ2) is 7.24. The molecule has 4 nitrogen and oxygen atoms in total. The molecule has 0 aromatic heterocycles. The van der Waals surface area contributed by atoms with Gasteiger partial charge in [-0.15, -0.1) is 0 Å². The molecule has 0 amide bonds. The lowest BCUT2D eigenvalue weighted by atomic mass is 10.2. The number of ether oxygens (including phenoxy) is 2. The highest BCUT2D eigenvalue weighted by Gasteiger charge is 2.11. The number of rotatable bonds is 4. The molecule has 3 rings (SSSR count). The van der Waals surface area contributed by atoms with Crippen molar-refractivity contribution in [3.63, 3.8) is 0 Å². The van der Waals surface area contributed by atoms with Gasteiger partial charge in [0.05, 0.1) is 11.1 Å². The molecular formula is C20H14O4. The lowest BCUT2D eigenvalue weighted by molar-refractivity contribution is 0.0730. The summed E-state index contributed by atoms with van der Waals surface area (Å²) in [7, 11) is 0. The molecule has 0 N–H and O–H groups in total. The van der Waals surface area contributed by atoms with Crippen molar-refractivity contribution in [3.05, 3.63) is 96.1 Å². The third-order valence-electron chi connectivity index (χ3n) is 3.26. The molecule has 0 aliphatic carbocycles. The summed E-state index contributed by atoms with van der Waals surface area (Å²) in [6, 6.07) is 23.7. The number of carbonyl (C=O) groups excluding carboxylic acids is 2. The molecule has 0 radical (unpaired) electrons. The molecule has 0 fully saturated rings. The van der Waals surface area contributed by atoms with E-state index in [1.165, 1.54) is 0 Å². The van der Waals surface area contributed by atoms with Crippen LogP contribution in [-0.4, -0.2) is 11.9 Å². The third kappa shape index (κ3) is 3.87. The fraction of sp³-hybridized carbons (Fsp3) is 0. The Bertz CT molecular complexity index is 825. The average molecular weight is 318 g/mol. The van der Waals surface area contributed by atoms with Crippen molar-refractivity contribution in [2.24, 2.45) is 0 Å². The molecule has 0 aliphatic heterocycles. The van der Waals surface area contributed by atoms with Gasteiger partial charge in [0.15, 0.2) is 0 Å². The van der Waals surface area contributed by atoms with E-state index in [9.17, 15) is 9.59 Å². The second-order valence-electron chi connectivity index (χ2n) is 4.98. The van der Waals surface area contributed by atoms with Crippen molar-refractivity contribution in [3.8, 4) is 11.5 Å². The Morgan fingerprint density at radius 1 is 0.500 bits per heavy atom. The molecule has 3 aromatic rings. The van der Waals surface area contributed by atoms with E-state index in [1.54, 1.807) is 72.8 Å². The van der Waals surface area contributed by atoms with Gasteiger partial charge in [-0.1, -0.05) is 36.4 Å². The summed E-state index contributed by atoms with van der Waals surface area (Å²) in [6.45, 7) is 0. The summed E-state index contributed by atoms with van der Waals surface area (Å²) < 4.78 is 10.5.